The van der Waals surface area contributed by atoms with Gasteiger partial charge in [-0.1, -0.05) is 0 Å². The largest absolute Gasteiger partial charge is 0.393 e. The normalized spacial score (nSPS) is 24.2. The third-order valence-electron chi connectivity index (χ3n) is 9.56. The van der Waals surface area contributed by atoms with Crippen molar-refractivity contribution in [1.82, 2.24) is 40.0 Å². The van der Waals surface area contributed by atoms with Gasteiger partial charge in [0.05, 0.1) is 42.8 Å². The Morgan fingerprint density at radius 1 is 1.15 bits per heavy atom. The Labute approximate surface area is 265 Å². The molecule has 2 amide bonds. The van der Waals surface area contributed by atoms with Gasteiger partial charge in [0, 0.05) is 57.3 Å². The van der Waals surface area contributed by atoms with Crippen LogP contribution in [0.1, 0.15) is 85.5 Å². The Morgan fingerprint density at radius 3 is 2.55 bits per heavy atom. The number of aromatic nitrogens is 6. The molecule has 2 N–H and O–H groups in total. The van der Waals surface area contributed by atoms with Crippen LogP contribution >= 0.6 is 0 Å². The third kappa shape index (κ3) is 6.94. The van der Waals surface area contributed by atoms with E-state index in [1.165, 1.54) is 27.7 Å². The van der Waals surface area contributed by atoms with Gasteiger partial charge in [-0.15, -0.1) is 0 Å². The van der Waals surface area contributed by atoms with Gasteiger partial charge in [-0.2, -0.15) is 23.4 Å². The highest BCUT2D eigenvalue weighted by Crippen LogP contribution is 2.42. The third-order valence-corrected chi connectivity index (χ3v) is 9.56. The van der Waals surface area contributed by atoms with Crippen LogP contribution in [0.2, 0.25) is 0 Å². The number of nitrogens with one attached hydrogen (secondary N) is 2. The fourth-order valence-corrected chi connectivity index (χ4v) is 6.83. The molecule has 3 aliphatic rings. The summed E-state index contributed by atoms with van der Waals surface area (Å²) in [6.45, 7) is 1.86. The summed E-state index contributed by atoms with van der Waals surface area (Å²) in [5, 5.41) is 13.9. The lowest BCUT2D eigenvalue weighted by molar-refractivity contribution is -0.183. The summed E-state index contributed by atoms with van der Waals surface area (Å²) in [7, 11) is 0. The van der Waals surface area contributed by atoms with Gasteiger partial charge in [0.25, 0.3) is 11.7 Å². The molecule has 3 aromatic heterocycles. The van der Waals surface area contributed by atoms with Crippen LogP contribution in [0.25, 0.3) is 5.78 Å². The second-order valence-electron chi connectivity index (χ2n) is 12.7. The molecule has 6 rings (SSSR count). The molecule has 256 valence electrons. The van der Waals surface area contributed by atoms with Crippen molar-refractivity contribution in [3.05, 3.63) is 41.2 Å². The Balaban J connectivity index is 1.38. The maximum Gasteiger partial charge on any atom is 0.393 e. The first kappa shape index (κ1) is 33.2. The van der Waals surface area contributed by atoms with Gasteiger partial charge in [0.1, 0.15) is 11.4 Å². The summed E-state index contributed by atoms with van der Waals surface area (Å²) in [4.78, 5) is 35.2. The maximum atomic E-state index is 16.5. The molecule has 47 heavy (non-hydrogen) atoms. The summed E-state index contributed by atoms with van der Waals surface area (Å²) >= 11 is 0. The first-order chi connectivity index (χ1) is 22.3. The smallest absolute Gasteiger partial charge is 0.381 e. The molecule has 1 aliphatic carbocycles. The molecule has 3 atom stereocenters. The summed E-state index contributed by atoms with van der Waals surface area (Å²) in [5.41, 5.74) is -1.63. The van der Waals surface area contributed by atoms with E-state index in [0.29, 0.717) is 6.54 Å². The van der Waals surface area contributed by atoms with E-state index in [1.807, 2.05) is 6.92 Å². The molecule has 11 nitrogen and oxygen atoms in total. The minimum Gasteiger partial charge on any atom is -0.381 e. The SMILES string of the molecule is CCn1nccc1C(=O)N[C@H](c1cn2nc(C[C@H]3C[C@@H](C(F)(F)F)CNC3=O)c(C3(F)CCOCC3)nc2n1)C1CCC(F)(F)CC1. The predicted octanol–water partition coefficient (Wildman–Crippen LogP) is 4.47. The number of aryl methyl sites for hydroxylation is 1. The fraction of sp³-hybridized carbons (Fsp3) is 0.667. The first-order valence-electron chi connectivity index (χ1n) is 15.8. The van der Waals surface area contributed by atoms with Gasteiger partial charge in [-0.05, 0) is 38.2 Å². The van der Waals surface area contributed by atoms with E-state index in [2.05, 4.69) is 30.8 Å². The number of hydrogen-bond donors (Lipinski definition) is 2. The Bertz CT molecular complexity index is 1610. The van der Waals surface area contributed by atoms with Crippen LogP contribution < -0.4 is 10.6 Å². The quantitative estimate of drug-likeness (QED) is 0.339. The van der Waals surface area contributed by atoms with E-state index >= 15 is 4.39 Å². The van der Waals surface area contributed by atoms with Crippen molar-refractivity contribution in [2.24, 2.45) is 17.8 Å². The number of halogens is 6. The average Bonchev–Trinajstić information content (AvgIpc) is 3.67. The molecule has 2 saturated heterocycles. The highest BCUT2D eigenvalue weighted by Gasteiger charge is 2.46. The van der Waals surface area contributed by atoms with E-state index in [1.54, 1.807) is 0 Å². The van der Waals surface area contributed by atoms with Gasteiger partial charge < -0.3 is 15.4 Å². The van der Waals surface area contributed by atoms with Crippen molar-refractivity contribution >= 4 is 17.6 Å². The van der Waals surface area contributed by atoms with Crippen LogP contribution in [0.15, 0.2) is 18.5 Å². The molecule has 0 bridgehead atoms. The van der Waals surface area contributed by atoms with Crippen molar-refractivity contribution in [1.29, 1.82) is 0 Å². The second-order valence-corrected chi connectivity index (χ2v) is 12.7. The molecule has 0 spiro atoms. The highest BCUT2D eigenvalue weighted by molar-refractivity contribution is 5.92. The van der Waals surface area contributed by atoms with Crippen LogP contribution in [0.3, 0.4) is 0 Å². The van der Waals surface area contributed by atoms with Gasteiger partial charge >= 0.3 is 6.18 Å². The highest BCUT2D eigenvalue weighted by atomic mass is 19.4. The van der Waals surface area contributed by atoms with Crippen molar-refractivity contribution in [2.45, 2.75) is 88.6 Å². The second kappa shape index (κ2) is 12.7. The average molecular weight is 671 g/mol. The zero-order valence-corrected chi connectivity index (χ0v) is 25.7. The number of piperidine rings is 1. The predicted molar refractivity (Wildman–Crippen MR) is 153 cm³/mol. The maximum absolute atomic E-state index is 16.5. The summed E-state index contributed by atoms with van der Waals surface area (Å²) in [6.07, 6.45) is -3.09. The summed E-state index contributed by atoms with van der Waals surface area (Å²) in [5.74, 6) is -7.26. The molecular formula is C30H36F6N8O3. The monoisotopic (exact) mass is 670 g/mol. The topological polar surface area (TPSA) is 128 Å². The van der Waals surface area contributed by atoms with Crippen molar-refractivity contribution in [2.75, 3.05) is 19.8 Å². The van der Waals surface area contributed by atoms with E-state index < -0.39 is 66.3 Å². The Morgan fingerprint density at radius 2 is 1.87 bits per heavy atom. The Hall–Kier alpha value is -3.76. The molecular weight excluding hydrogens is 634 g/mol. The molecule has 5 heterocycles. The standard InChI is InChI=1S/C30H36F6N8O3/c1-2-43-22(5-10-38-43)26(46)40-23(17-3-6-29(32,33)7-4-17)21-16-44-27(39-21)41-24(28(31)8-11-47-12-9-28)20(42-44)14-18-13-19(30(34,35)36)15-37-25(18)45/h5,10,16-19,23H,2-4,6-9,11-15H2,1H3,(H,37,45)(H,40,46)/t18-,19-,23+/m1/s1. The van der Waals surface area contributed by atoms with Crippen molar-refractivity contribution in [3.63, 3.8) is 0 Å². The number of rotatable bonds is 8. The number of fused-ring (bicyclic) bond motifs is 1. The van der Waals surface area contributed by atoms with Crippen molar-refractivity contribution < 1.29 is 40.7 Å². The number of nitrogens with zero attached hydrogens (tertiary/aromatic N) is 6. The molecule has 1 saturated carbocycles. The molecule has 0 aromatic carbocycles. The van der Waals surface area contributed by atoms with Gasteiger partial charge in [0.2, 0.25) is 11.8 Å². The lowest BCUT2D eigenvalue weighted by atomic mass is 9.81. The van der Waals surface area contributed by atoms with Crippen LogP contribution in [-0.4, -0.2) is 73.0 Å². The number of amides is 2. The number of imidazole rings is 1. The van der Waals surface area contributed by atoms with Crippen LogP contribution in [0.4, 0.5) is 26.3 Å². The zero-order valence-electron chi connectivity index (χ0n) is 25.7. The molecule has 3 aromatic rings. The summed E-state index contributed by atoms with van der Waals surface area (Å²) < 4.78 is 93.6. The fourth-order valence-electron chi connectivity index (χ4n) is 6.83. The van der Waals surface area contributed by atoms with Crippen molar-refractivity contribution in [3.8, 4) is 0 Å². The summed E-state index contributed by atoms with van der Waals surface area (Å²) in [6, 6.07) is 0.698. The molecule has 17 heteroatoms. The van der Waals surface area contributed by atoms with Gasteiger partial charge in [0.15, 0.2) is 5.67 Å². The first-order valence-corrected chi connectivity index (χ1v) is 15.8. The molecule has 0 unspecified atom stereocenters. The number of hydrogen-bond acceptors (Lipinski definition) is 7. The van der Waals surface area contributed by atoms with Crippen LogP contribution in [-0.2, 0) is 28.2 Å². The van der Waals surface area contributed by atoms with E-state index in [0.717, 1.165) is 0 Å². The minimum absolute atomic E-state index is 0.0126. The van der Waals surface area contributed by atoms with Gasteiger partial charge in [-0.25, -0.2) is 27.7 Å². The Kier molecular flexibility index (Phi) is 8.95. The lowest BCUT2D eigenvalue weighted by Crippen LogP contribution is -2.47. The van der Waals surface area contributed by atoms with E-state index in [9.17, 15) is 31.5 Å². The zero-order chi connectivity index (χ0) is 33.6. The van der Waals surface area contributed by atoms with E-state index in [-0.39, 0.29) is 86.7 Å². The number of carbonyl (C=O) groups is 2. The number of carbonyl (C=O) groups excluding carboxylic acids is 2. The number of ether oxygens (including phenoxy) is 1. The van der Waals surface area contributed by atoms with Crippen LogP contribution in [0, 0.1) is 17.8 Å². The molecule has 0 radical (unpaired) electrons. The molecule has 3 fully saturated rings. The minimum atomic E-state index is -4.52. The van der Waals surface area contributed by atoms with Crippen LogP contribution in [0.5, 0.6) is 0 Å². The lowest BCUT2D eigenvalue weighted by Gasteiger charge is -2.33. The molecule has 2 aliphatic heterocycles. The number of alkyl halides is 6. The van der Waals surface area contributed by atoms with E-state index in [4.69, 9.17) is 4.74 Å². The van der Waals surface area contributed by atoms with Gasteiger partial charge in [-0.3, -0.25) is 14.3 Å².